The van der Waals surface area contributed by atoms with Gasteiger partial charge in [-0.3, -0.25) is 0 Å². The van der Waals surface area contributed by atoms with Gasteiger partial charge in [-0.2, -0.15) is 0 Å². The van der Waals surface area contributed by atoms with E-state index in [-0.39, 0.29) is 6.61 Å². The largest absolute Gasteiger partial charge is 0.695 e. The first-order valence-electron chi connectivity index (χ1n) is 6.26. The molecule has 0 aliphatic heterocycles. The molecule has 1 atom stereocenters. The molecule has 110 valence electrons. The number of hydrogen-bond acceptors (Lipinski definition) is 4. The molecular weight excluding hydrogens is 336 g/mol. The molecule has 0 spiro atoms. The molecule has 1 heterocycles. The Morgan fingerprint density at radius 1 is 1.38 bits per heavy atom. The lowest BCUT2D eigenvalue weighted by Gasteiger charge is -2.09. The third-order valence-electron chi connectivity index (χ3n) is 3.22. The predicted molar refractivity (Wildman–Crippen MR) is 78.0 cm³/mol. The third kappa shape index (κ3) is 3.10. The zero-order chi connectivity index (χ0) is 15.0. The van der Waals surface area contributed by atoms with E-state index in [1.54, 1.807) is 18.2 Å². The van der Waals surface area contributed by atoms with Crippen LogP contribution in [0.4, 0.5) is 0 Å². The van der Waals surface area contributed by atoms with E-state index in [0.717, 1.165) is 18.5 Å². The summed E-state index contributed by atoms with van der Waals surface area (Å²) in [6, 6.07) is 5.12. The quantitative estimate of drug-likeness (QED) is 0.836. The van der Waals surface area contributed by atoms with Gasteiger partial charge in [0, 0.05) is 10.5 Å². The number of rotatable bonds is 5. The second kappa shape index (κ2) is 5.99. The monoisotopic (exact) mass is 346 g/mol. The highest BCUT2D eigenvalue weighted by Gasteiger charge is 2.33. The SMILES string of the molecule is O=[P+](O)OCc1c(C2CC2)nnn1-c1c(Cl)cccc1Cl. The Balaban J connectivity index is 2.07. The lowest BCUT2D eigenvalue weighted by molar-refractivity contribution is 0.265. The van der Waals surface area contributed by atoms with Crippen molar-refractivity contribution in [3.05, 3.63) is 39.6 Å². The Morgan fingerprint density at radius 2 is 2.05 bits per heavy atom. The first-order valence-corrected chi connectivity index (χ1v) is 8.14. The minimum absolute atomic E-state index is 0.0773. The molecule has 1 N–H and O–H groups in total. The highest BCUT2D eigenvalue weighted by atomic mass is 35.5. The van der Waals surface area contributed by atoms with Gasteiger partial charge in [0.15, 0.2) is 0 Å². The molecule has 21 heavy (non-hydrogen) atoms. The van der Waals surface area contributed by atoms with Crippen LogP contribution in [0.25, 0.3) is 5.69 Å². The average Bonchev–Trinajstić information content (AvgIpc) is 3.18. The van der Waals surface area contributed by atoms with Crippen LogP contribution in [0.2, 0.25) is 10.0 Å². The standard InChI is InChI=1S/C12H10Cl2N3O3P/c13-8-2-1-3-9(14)12(8)17-10(6-20-21(18)19)11(15-16-17)7-4-5-7/h1-3,7H,4-6H2/p+1. The fraction of sp³-hybridized carbons (Fsp3) is 0.333. The van der Waals surface area contributed by atoms with E-state index in [9.17, 15) is 4.57 Å². The predicted octanol–water partition coefficient (Wildman–Crippen LogP) is 3.62. The van der Waals surface area contributed by atoms with Crippen LogP contribution in [0.15, 0.2) is 18.2 Å². The summed E-state index contributed by atoms with van der Waals surface area (Å²) in [5.74, 6) is 0.315. The van der Waals surface area contributed by atoms with Gasteiger partial charge < -0.3 is 0 Å². The Labute approximate surface area is 131 Å². The summed E-state index contributed by atoms with van der Waals surface area (Å²) in [4.78, 5) is 8.85. The molecule has 2 aromatic rings. The fourth-order valence-corrected chi connectivity index (χ4v) is 2.90. The Bertz CT molecular complexity index is 683. The van der Waals surface area contributed by atoms with Gasteiger partial charge >= 0.3 is 8.25 Å². The second-order valence-corrected chi connectivity index (χ2v) is 6.24. The van der Waals surface area contributed by atoms with E-state index in [1.165, 1.54) is 4.68 Å². The van der Waals surface area contributed by atoms with Crippen molar-refractivity contribution in [1.82, 2.24) is 15.0 Å². The smallest absolute Gasteiger partial charge is 0.212 e. The number of halogens is 2. The summed E-state index contributed by atoms with van der Waals surface area (Å²) in [5, 5.41) is 9.08. The zero-order valence-corrected chi connectivity index (χ0v) is 13.1. The fourth-order valence-electron chi connectivity index (χ4n) is 2.11. The summed E-state index contributed by atoms with van der Waals surface area (Å²) in [7, 11) is -2.70. The molecule has 0 saturated heterocycles. The average molecular weight is 347 g/mol. The van der Waals surface area contributed by atoms with Crippen LogP contribution in [-0.4, -0.2) is 19.9 Å². The minimum Gasteiger partial charge on any atom is -0.212 e. The van der Waals surface area contributed by atoms with Crippen molar-refractivity contribution in [3.8, 4) is 5.69 Å². The highest BCUT2D eigenvalue weighted by molar-refractivity contribution is 7.32. The van der Waals surface area contributed by atoms with E-state index in [0.29, 0.717) is 27.3 Å². The molecule has 1 aliphatic rings. The van der Waals surface area contributed by atoms with Crippen molar-refractivity contribution in [2.45, 2.75) is 25.4 Å². The maximum atomic E-state index is 10.8. The summed E-state index contributed by atoms with van der Waals surface area (Å²) in [6.45, 7) is -0.0773. The van der Waals surface area contributed by atoms with Gasteiger partial charge in [-0.1, -0.05) is 34.5 Å². The Kier molecular flexibility index (Phi) is 4.24. The molecule has 1 aromatic heterocycles. The molecule has 6 nitrogen and oxygen atoms in total. The van der Waals surface area contributed by atoms with Crippen molar-refractivity contribution in [3.63, 3.8) is 0 Å². The van der Waals surface area contributed by atoms with Gasteiger partial charge in [0.2, 0.25) is 0 Å². The van der Waals surface area contributed by atoms with Crippen molar-refractivity contribution < 1.29 is 14.0 Å². The van der Waals surface area contributed by atoms with Crippen LogP contribution < -0.4 is 0 Å². The molecule has 1 aliphatic carbocycles. The van der Waals surface area contributed by atoms with Gasteiger partial charge in [-0.15, -0.1) is 14.5 Å². The van der Waals surface area contributed by atoms with Gasteiger partial charge in [0.05, 0.1) is 21.4 Å². The van der Waals surface area contributed by atoms with E-state index < -0.39 is 8.25 Å². The molecule has 1 unspecified atom stereocenters. The number of aromatic nitrogens is 3. The van der Waals surface area contributed by atoms with Crippen molar-refractivity contribution in [2.75, 3.05) is 0 Å². The van der Waals surface area contributed by atoms with Gasteiger partial charge in [-0.05, 0) is 25.0 Å². The maximum Gasteiger partial charge on any atom is 0.695 e. The molecule has 0 amide bonds. The van der Waals surface area contributed by atoms with Gasteiger partial charge in [0.25, 0.3) is 0 Å². The van der Waals surface area contributed by atoms with Crippen molar-refractivity contribution in [2.24, 2.45) is 0 Å². The highest BCUT2D eigenvalue weighted by Crippen LogP contribution is 2.42. The van der Waals surface area contributed by atoms with Gasteiger partial charge in [-0.25, -0.2) is 4.68 Å². The molecule has 1 saturated carbocycles. The number of para-hydroxylation sites is 1. The second-order valence-electron chi connectivity index (χ2n) is 4.69. The summed E-state index contributed by atoms with van der Waals surface area (Å²) in [5.41, 5.74) is 1.86. The van der Waals surface area contributed by atoms with Crippen LogP contribution in [0, 0.1) is 0 Å². The summed E-state index contributed by atoms with van der Waals surface area (Å²) in [6.07, 6.45) is 2.04. The lowest BCUT2D eigenvalue weighted by atomic mass is 10.2. The van der Waals surface area contributed by atoms with E-state index in [1.807, 2.05) is 0 Å². The minimum atomic E-state index is -2.70. The van der Waals surface area contributed by atoms with E-state index >= 15 is 0 Å². The van der Waals surface area contributed by atoms with Crippen LogP contribution in [-0.2, 0) is 15.7 Å². The lowest BCUT2D eigenvalue weighted by Crippen LogP contribution is -2.05. The third-order valence-corrected chi connectivity index (χ3v) is 4.18. The molecule has 3 rings (SSSR count). The normalized spacial score (nSPS) is 15.3. The van der Waals surface area contributed by atoms with Crippen molar-refractivity contribution in [1.29, 1.82) is 0 Å². The van der Waals surface area contributed by atoms with Crippen LogP contribution in [0.1, 0.15) is 30.1 Å². The molecule has 1 fully saturated rings. The molecule has 0 radical (unpaired) electrons. The van der Waals surface area contributed by atoms with Crippen LogP contribution in [0.3, 0.4) is 0 Å². The topological polar surface area (TPSA) is 77.2 Å². The van der Waals surface area contributed by atoms with E-state index in [2.05, 4.69) is 10.3 Å². The van der Waals surface area contributed by atoms with Gasteiger partial charge in [0.1, 0.15) is 12.3 Å². The molecule has 1 aromatic carbocycles. The summed E-state index contributed by atoms with van der Waals surface area (Å²) < 4.78 is 17.1. The van der Waals surface area contributed by atoms with Crippen LogP contribution in [0.5, 0.6) is 0 Å². The molecule has 9 heteroatoms. The molecule has 0 bridgehead atoms. The molecular formula is C12H11Cl2N3O3P+. The first kappa shape index (κ1) is 14.9. The summed E-state index contributed by atoms with van der Waals surface area (Å²) >= 11 is 12.4. The van der Waals surface area contributed by atoms with E-state index in [4.69, 9.17) is 32.6 Å². The van der Waals surface area contributed by atoms with Crippen molar-refractivity contribution >= 4 is 31.5 Å². The zero-order valence-electron chi connectivity index (χ0n) is 10.7. The number of hydrogen-bond donors (Lipinski definition) is 1. The van der Waals surface area contributed by atoms with Crippen LogP contribution >= 0.6 is 31.5 Å². The maximum absolute atomic E-state index is 10.8. The number of nitrogens with zero attached hydrogens (tertiary/aromatic N) is 3. The Hall–Kier alpha value is -1.04. The Morgan fingerprint density at radius 3 is 2.62 bits per heavy atom. The first-order chi connectivity index (χ1) is 10.1. The number of benzene rings is 1.